The Morgan fingerprint density at radius 2 is 2.08 bits per heavy atom. The van der Waals surface area contributed by atoms with Gasteiger partial charge in [-0.1, -0.05) is 35.3 Å². The molecular weight excluding hydrogens is 347 g/mol. The second-order valence-electron chi connectivity index (χ2n) is 5.31. The number of halogens is 2. The lowest BCUT2D eigenvalue weighted by atomic mass is 9.86. The van der Waals surface area contributed by atoms with Gasteiger partial charge in [0.15, 0.2) is 0 Å². The van der Waals surface area contributed by atoms with E-state index >= 15 is 0 Å². The summed E-state index contributed by atoms with van der Waals surface area (Å²) in [5, 5.41) is 1.18. The molecule has 1 unspecified atom stereocenters. The molecule has 0 saturated carbocycles. The van der Waals surface area contributed by atoms with Crippen molar-refractivity contribution in [3.63, 3.8) is 0 Å². The number of carbonyl (C=O) groups is 1. The number of pyridine rings is 1. The highest BCUT2D eigenvalue weighted by Gasteiger charge is 2.26. The van der Waals surface area contributed by atoms with Gasteiger partial charge in [-0.05, 0) is 43.0 Å². The van der Waals surface area contributed by atoms with Crippen LogP contribution in [-0.4, -0.2) is 24.8 Å². The molecule has 2 atom stereocenters. The number of aromatic nitrogens is 1. The molecule has 2 rings (SSSR count). The van der Waals surface area contributed by atoms with Crippen molar-refractivity contribution in [2.75, 3.05) is 7.11 Å². The first-order valence-electron chi connectivity index (χ1n) is 7.44. The number of esters is 1. The molecule has 126 valence electrons. The molecule has 0 aliphatic rings. The molecule has 1 aromatic heterocycles. The van der Waals surface area contributed by atoms with Crippen LogP contribution in [0.5, 0.6) is 0 Å². The van der Waals surface area contributed by atoms with Crippen molar-refractivity contribution >= 4 is 35.9 Å². The van der Waals surface area contributed by atoms with E-state index < -0.39 is 0 Å². The molecule has 0 amide bonds. The highest BCUT2D eigenvalue weighted by atomic mass is 35.5. The van der Waals surface area contributed by atoms with Gasteiger partial charge in [-0.25, -0.2) is 0 Å². The summed E-state index contributed by atoms with van der Waals surface area (Å²) in [6.07, 6.45) is 2.39. The van der Waals surface area contributed by atoms with Crippen molar-refractivity contribution in [2.45, 2.75) is 24.8 Å². The second kappa shape index (κ2) is 8.81. The summed E-state index contributed by atoms with van der Waals surface area (Å²) in [5.41, 5.74) is 1.71. The molecule has 0 aliphatic heterocycles. The van der Waals surface area contributed by atoms with Crippen LogP contribution in [-0.2, 0) is 9.53 Å². The van der Waals surface area contributed by atoms with Gasteiger partial charge in [-0.3, -0.25) is 14.8 Å². The third-order valence-electron chi connectivity index (χ3n) is 3.80. The van der Waals surface area contributed by atoms with Crippen LogP contribution in [0.15, 0.2) is 47.6 Å². The van der Waals surface area contributed by atoms with Gasteiger partial charge < -0.3 is 4.74 Å². The van der Waals surface area contributed by atoms with Gasteiger partial charge in [-0.2, -0.15) is 0 Å². The maximum Gasteiger partial charge on any atom is 0.305 e. The van der Waals surface area contributed by atoms with E-state index in [1.54, 1.807) is 18.3 Å². The van der Waals surface area contributed by atoms with Crippen molar-refractivity contribution in [1.82, 2.24) is 4.98 Å². The first kappa shape index (κ1) is 18.4. The van der Waals surface area contributed by atoms with Crippen molar-refractivity contribution < 1.29 is 9.53 Å². The van der Waals surface area contributed by atoms with Gasteiger partial charge >= 0.3 is 5.97 Å². The number of hydrogen-bond acceptors (Lipinski definition) is 4. The van der Waals surface area contributed by atoms with Crippen molar-refractivity contribution in [3.05, 3.63) is 63.9 Å². The smallest absolute Gasteiger partial charge is 0.305 e. The van der Waals surface area contributed by atoms with Gasteiger partial charge in [0.2, 0.25) is 0 Å². The zero-order valence-corrected chi connectivity index (χ0v) is 14.8. The molecule has 1 aromatic carbocycles. The first-order chi connectivity index (χ1) is 11.5. The highest BCUT2D eigenvalue weighted by Crippen LogP contribution is 2.37. The zero-order valence-electron chi connectivity index (χ0n) is 13.3. The highest BCUT2D eigenvalue weighted by molar-refractivity contribution is 6.30. The fourth-order valence-corrected chi connectivity index (χ4v) is 2.92. The largest absolute Gasteiger partial charge is 0.469 e. The SMILES string of the molecule is C=NC(c1ccc(Cl)cn1)[C@@H](CCC(=O)OC)c1cccc(Cl)c1. The predicted molar refractivity (Wildman–Crippen MR) is 97.0 cm³/mol. The third kappa shape index (κ3) is 4.79. The molecule has 0 radical (unpaired) electrons. The van der Waals surface area contributed by atoms with Crippen LogP contribution in [0.3, 0.4) is 0 Å². The molecule has 2 aromatic rings. The molecule has 4 nitrogen and oxygen atoms in total. The number of aliphatic imine (C=N–C) groups is 1. The quantitative estimate of drug-likeness (QED) is 0.520. The Labute approximate surface area is 151 Å². The number of ether oxygens (including phenoxy) is 1. The third-order valence-corrected chi connectivity index (χ3v) is 4.25. The summed E-state index contributed by atoms with van der Waals surface area (Å²) in [4.78, 5) is 20.2. The number of methoxy groups -OCH3 is 1. The molecule has 0 aliphatic carbocycles. The lowest BCUT2D eigenvalue weighted by Crippen LogP contribution is -2.13. The maximum atomic E-state index is 11.6. The number of carbonyl (C=O) groups excluding carboxylic acids is 1. The van der Waals surface area contributed by atoms with E-state index in [-0.39, 0.29) is 24.3 Å². The fourth-order valence-electron chi connectivity index (χ4n) is 2.61. The molecule has 0 fully saturated rings. The summed E-state index contributed by atoms with van der Waals surface area (Å²) >= 11 is 12.0. The Balaban J connectivity index is 2.36. The van der Waals surface area contributed by atoms with E-state index in [0.29, 0.717) is 16.5 Å². The fraction of sp³-hybridized carbons (Fsp3) is 0.278. The predicted octanol–water partition coefficient (Wildman–Crippen LogP) is 4.87. The Morgan fingerprint density at radius 1 is 1.29 bits per heavy atom. The molecule has 1 heterocycles. The molecule has 0 spiro atoms. The van der Waals surface area contributed by atoms with Crippen molar-refractivity contribution in [3.8, 4) is 0 Å². The van der Waals surface area contributed by atoms with Gasteiger partial charge in [0.1, 0.15) is 0 Å². The van der Waals surface area contributed by atoms with E-state index in [1.807, 2.05) is 24.3 Å². The number of nitrogens with zero attached hydrogens (tertiary/aromatic N) is 2. The first-order valence-corrected chi connectivity index (χ1v) is 8.20. The Hall–Kier alpha value is -1.91. The summed E-state index contributed by atoms with van der Waals surface area (Å²) in [7, 11) is 1.38. The second-order valence-corrected chi connectivity index (χ2v) is 6.18. The Kier molecular flexibility index (Phi) is 6.76. The van der Waals surface area contributed by atoms with Crippen molar-refractivity contribution in [1.29, 1.82) is 0 Å². The summed E-state index contributed by atoms with van der Waals surface area (Å²) < 4.78 is 4.75. The van der Waals surface area contributed by atoms with Crippen LogP contribution in [0, 0.1) is 0 Å². The average Bonchev–Trinajstić information content (AvgIpc) is 2.59. The standard InChI is InChI=1S/C18H18Cl2N2O2/c1-21-18(16-8-6-14(20)11-22-16)15(7-9-17(23)24-2)12-4-3-5-13(19)10-12/h3-6,8,10-11,15,18H,1,7,9H2,2H3/t15-,18?/m0/s1. The molecule has 0 N–H and O–H groups in total. The Morgan fingerprint density at radius 3 is 2.67 bits per heavy atom. The van der Waals surface area contributed by atoms with Crippen LogP contribution in [0.2, 0.25) is 10.0 Å². The lowest BCUT2D eigenvalue weighted by Gasteiger charge is -2.24. The van der Waals surface area contributed by atoms with Gasteiger partial charge in [0, 0.05) is 23.6 Å². The number of rotatable bonds is 7. The van der Waals surface area contributed by atoms with E-state index in [0.717, 1.165) is 11.3 Å². The molecular formula is C18H18Cl2N2O2. The van der Waals surface area contributed by atoms with Gasteiger partial charge in [0.05, 0.1) is 23.9 Å². The normalized spacial score (nSPS) is 13.1. The molecule has 0 saturated heterocycles. The van der Waals surface area contributed by atoms with E-state index in [4.69, 9.17) is 27.9 Å². The minimum Gasteiger partial charge on any atom is -0.469 e. The lowest BCUT2D eigenvalue weighted by molar-refractivity contribution is -0.140. The monoisotopic (exact) mass is 364 g/mol. The zero-order chi connectivity index (χ0) is 17.5. The van der Waals surface area contributed by atoms with E-state index in [1.165, 1.54) is 7.11 Å². The minimum absolute atomic E-state index is 0.103. The number of hydrogen-bond donors (Lipinski definition) is 0. The topological polar surface area (TPSA) is 51.5 Å². The van der Waals surface area contributed by atoms with Gasteiger partial charge in [-0.15, -0.1) is 0 Å². The summed E-state index contributed by atoms with van der Waals surface area (Å²) in [6.45, 7) is 3.70. The van der Waals surface area contributed by atoms with Crippen LogP contribution < -0.4 is 0 Å². The molecule has 6 heteroatoms. The maximum absolute atomic E-state index is 11.6. The van der Waals surface area contributed by atoms with Crippen LogP contribution in [0.25, 0.3) is 0 Å². The van der Waals surface area contributed by atoms with Crippen LogP contribution in [0.4, 0.5) is 0 Å². The average molecular weight is 365 g/mol. The summed E-state index contributed by atoms with van der Waals surface area (Å²) in [5.74, 6) is -0.372. The molecule has 24 heavy (non-hydrogen) atoms. The van der Waals surface area contributed by atoms with Crippen molar-refractivity contribution in [2.24, 2.45) is 4.99 Å². The van der Waals surface area contributed by atoms with E-state index in [9.17, 15) is 4.79 Å². The van der Waals surface area contributed by atoms with E-state index in [2.05, 4.69) is 16.7 Å². The Bertz CT molecular complexity index is 704. The van der Waals surface area contributed by atoms with Crippen LogP contribution >= 0.6 is 23.2 Å². The minimum atomic E-state index is -0.314. The van der Waals surface area contributed by atoms with Gasteiger partial charge in [0.25, 0.3) is 0 Å². The summed E-state index contributed by atoms with van der Waals surface area (Å²) in [6, 6.07) is 10.8. The van der Waals surface area contributed by atoms with Crippen LogP contribution in [0.1, 0.15) is 36.1 Å². The molecule has 0 bridgehead atoms. The number of benzene rings is 1.